The molecule has 0 rings (SSSR count). The van der Waals surface area contributed by atoms with Crippen molar-refractivity contribution in [1.29, 1.82) is 0 Å². The van der Waals surface area contributed by atoms with Crippen molar-refractivity contribution in [3.05, 3.63) is 0 Å². The second-order valence-electron chi connectivity index (χ2n) is 1.13. The summed E-state index contributed by atoms with van der Waals surface area (Å²) < 4.78 is 13.3. The number of rotatable bonds is 2. The summed E-state index contributed by atoms with van der Waals surface area (Å²) in [6, 6.07) is 0. The molecule has 20 heavy (non-hydrogen) atoms. The zero-order valence-electron chi connectivity index (χ0n) is 11.4. The van der Waals surface area contributed by atoms with Crippen LogP contribution in [-0.4, -0.2) is 67.8 Å². The molecule has 0 amide bonds. The van der Waals surface area contributed by atoms with Crippen molar-refractivity contribution in [2.24, 2.45) is 4.99 Å². The molecule has 0 heterocycles. The van der Waals surface area contributed by atoms with Gasteiger partial charge in [0.25, 0.3) is 0 Å². The number of carbonyl (C=O) groups is 5. The van der Waals surface area contributed by atoms with E-state index in [4.69, 9.17) is 24.0 Å². The Morgan fingerprint density at radius 1 is 0.900 bits per heavy atom. The van der Waals surface area contributed by atoms with Gasteiger partial charge in [0.05, 0.1) is 14.2 Å². The third-order valence-electron chi connectivity index (χ3n) is 0.617. The summed E-state index contributed by atoms with van der Waals surface area (Å²) in [6.07, 6.45) is 0.153. The first-order valence-corrected chi connectivity index (χ1v) is 3.73. The zero-order valence-corrected chi connectivity index (χ0v) is 12.7. The summed E-state index contributed by atoms with van der Waals surface area (Å²) in [5, 5.41) is 0. The molecule has 0 fully saturated rings. The maximum Gasteiger partial charge on any atom is 0.390 e. The first kappa shape index (κ1) is 43.1. The number of hydrogen-bond donors (Lipinski definition) is 0. The van der Waals surface area contributed by atoms with Crippen molar-refractivity contribution in [1.82, 2.24) is 0 Å². The third kappa shape index (κ3) is 103. The number of carbonyl (C=O) groups excluding carboxylic acids is 6. The third-order valence-corrected chi connectivity index (χ3v) is 0.617. The van der Waals surface area contributed by atoms with E-state index in [2.05, 4.69) is 25.7 Å². The molecule has 0 atom stereocenters. The van der Waals surface area contributed by atoms with Crippen LogP contribution in [0.5, 0.6) is 0 Å². The summed E-state index contributed by atoms with van der Waals surface area (Å²) in [5.74, 6) is 0. The van der Waals surface area contributed by atoms with Crippen LogP contribution < -0.4 is 0 Å². The predicted octanol–water partition coefficient (Wildman–Crippen LogP) is -1.06. The molecule has 0 aliphatic carbocycles. The molecular weight excluding hydrogens is 314 g/mol. The summed E-state index contributed by atoms with van der Waals surface area (Å²) in [5.41, 5.74) is 0. The van der Waals surface area contributed by atoms with E-state index < -0.39 is 0 Å². The monoisotopic (exact) mass is 333 g/mol. The van der Waals surface area contributed by atoms with Crippen molar-refractivity contribution < 1.29 is 55.2 Å². The van der Waals surface area contributed by atoms with E-state index in [0.717, 1.165) is 0 Å². The Hall–Kier alpha value is -2.18. The minimum Gasteiger partial charge on any atom is -0.454 e. The van der Waals surface area contributed by atoms with E-state index in [1.807, 2.05) is 33.9 Å². The average molecular weight is 333 g/mol. The zero-order chi connectivity index (χ0) is 17.1. The fourth-order valence-corrected chi connectivity index (χ4v) is 0.302. The molecule has 118 valence electrons. The number of nitrogens with zero attached hydrogens (tertiary/aromatic N) is 1. The van der Waals surface area contributed by atoms with E-state index in [-0.39, 0.29) is 30.2 Å². The summed E-state index contributed by atoms with van der Waals surface area (Å²) in [7, 11) is 2.89. The molecule has 0 aliphatic heterocycles. The minimum atomic E-state index is 0. The molecule has 0 saturated carbocycles. The second-order valence-corrected chi connectivity index (χ2v) is 1.13. The van der Waals surface area contributed by atoms with Crippen molar-refractivity contribution in [2.45, 2.75) is 0 Å². The maximum absolute atomic E-state index is 8.00. The molecule has 0 aromatic carbocycles. The first-order chi connectivity index (χ1) is 9.35. The van der Waals surface area contributed by atoms with E-state index in [0.29, 0.717) is 0 Å². The van der Waals surface area contributed by atoms with Gasteiger partial charge in [-0.15, -0.1) is 4.99 Å². The van der Waals surface area contributed by atoms with Crippen molar-refractivity contribution in [3.8, 4) is 0 Å². The Kier molecular flexibility index (Phi) is 267. The Balaban J connectivity index is -0.0000000261. The standard InChI is InChI=1S/C5H9NO3.5CH2O.Cr/c1-7-4-6-5(8-2)9-3;5*1-2;/h1H,4H2,2-3H3;5*1H2;. The number of hydrogen-bond acceptors (Lipinski definition) is 8. The average Bonchev–Trinajstić information content (AvgIpc) is 2.58. The van der Waals surface area contributed by atoms with Crippen molar-refractivity contribution in [3.63, 3.8) is 0 Å². The molecule has 0 spiro atoms. The van der Waals surface area contributed by atoms with E-state index in [1.165, 1.54) is 14.2 Å². The second kappa shape index (κ2) is 124. The number of aliphatic imine (C=N–C) groups is 1. The van der Waals surface area contributed by atoms with Gasteiger partial charge in [0.15, 0.2) is 0 Å². The van der Waals surface area contributed by atoms with Crippen LogP contribution in [0.4, 0.5) is 0 Å². The first-order valence-electron chi connectivity index (χ1n) is 3.73. The quantitative estimate of drug-likeness (QED) is 0.207. The molecule has 0 N–H and O–H groups in total. The molecule has 0 aromatic rings. The van der Waals surface area contributed by atoms with Crippen LogP contribution in [-0.2, 0) is 55.2 Å². The van der Waals surface area contributed by atoms with Gasteiger partial charge < -0.3 is 37.9 Å². The van der Waals surface area contributed by atoms with Gasteiger partial charge in [0, 0.05) is 17.4 Å². The fraction of sp³-hybridized carbons (Fsp3) is 0.300. The van der Waals surface area contributed by atoms with Crippen LogP contribution in [0.1, 0.15) is 0 Å². The van der Waals surface area contributed by atoms with Gasteiger partial charge in [0.1, 0.15) is 33.9 Å². The Morgan fingerprint density at radius 2 is 1.15 bits per heavy atom. The van der Waals surface area contributed by atoms with Crippen molar-refractivity contribution in [2.75, 3.05) is 21.0 Å². The Labute approximate surface area is 128 Å². The molecule has 0 aromatic heterocycles. The fourth-order valence-electron chi connectivity index (χ4n) is 0.302. The number of ether oxygens (including phenoxy) is 2. The molecule has 9 nitrogen and oxygen atoms in total. The van der Waals surface area contributed by atoms with E-state index in [1.54, 1.807) is 0 Å². The number of methoxy groups -OCH3 is 2. The van der Waals surface area contributed by atoms with E-state index >= 15 is 0 Å². The van der Waals surface area contributed by atoms with Crippen LogP contribution in [0.2, 0.25) is 0 Å². The van der Waals surface area contributed by atoms with Crippen LogP contribution in [0.3, 0.4) is 0 Å². The summed E-state index contributed by atoms with van der Waals surface area (Å²) in [4.78, 5) is 43.6. The summed E-state index contributed by atoms with van der Waals surface area (Å²) >= 11 is 0. The van der Waals surface area contributed by atoms with Gasteiger partial charge >= 0.3 is 12.8 Å². The van der Waals surface area contributed by atoms with Crippen LogP contribution in [0, 0.1) is 0 Å². The molecule has 0 radical (unpaired) electrons. The predicted molar refractivity (Wildman–Crippen MR) is 68.7 cm³/mol. The Bertz CT molecular complexity index is 165. The Morgan fingerprint density at radius 3 is 1.30 bits per heavy atom. The molecule has 10 heteroatoms. The topological polar surface area (TPSA) is 127 Å². The van der Waals surface area contributed by atoms with Gasteiger partial charge in [-0.2, -0.15) is 0 Å². The summed E-state index contributed by atoms with van der Waals surface area (Å²) in [6.45, 7) is 14.7. The molecular formula is C10H19CrNO8. The molecule has 0 bridgehead atoms. The minimum absolute atomic E-state index is 0. The van der Waals surface area contributed by atoms with Gasteiger partial charge in [-0.05, 0) is 6.79 Å². The SMILES string of the molecule is C=O.C=O.C=O.C=O.C=O.[CH-]=[O+]CN=C(OC)OC.[Cr]. The maximum atomic E-state index is 8.00. The van der Waals surface area contributed by atoms with Gasteiger partial charge in [0.2, 0.25) is 0 Å². The van der Waals surface area contributed by atoms with Crippen LogP contribution in [0.15, 0.2) is 4.99 Å². The molecule has 0 unspecified atom stereocenters. The van der Waals surface area contributed by atoms with Gasteiger partial charge in [-0.1, -0.05) is 0 Å². The normalized spacial score (nSPS) is 4.50. The van der Waals surface area contributed by atoms with E-state index in [9.17, 15) is 0 Å². The van der Waals surface area contributed by atoms with Crippen LogP contribution >= 0.6 is 0 Å². The molecule has 0 aliphatic rings. The van der Waals surface area contributed by atoms with Gasteiger partial charge in [-0.25, -0.2) is 0 Å². The molecule has 0 saturated heterocycles. The van der Waals surface area contributed by atoms with Crippen molar-refractivity contribution >= 4 is 46.8 Å². The largest absolute Gasteiger partial charge is 0.454 e. The smallest absolute Gasteiger partial charge is 0.390 e. The van der Waals surface area contributed by atoms with Crippen LogP contribution in [0.25, 0.3) is 0 Å². The van der Waals surface area contributed by atoms with Gasteiger partial charge in [-0.3, -0.25) is 0 Å².